The Balaban J connectivity index is 1.73. The molecular formula is C17H21F3N4O. The molecule has 3 rings (SSSR count). The fraction of sp³-hybridized carbons (Fsp3) is 0.529. The predicted molar refractivity (Wildman–Crippen MR) is 87.5 cm³/mol. The van der Waals surface area contributed by atoms with E-state index in [1.54, 1.807) is 11.6 Å². The fourth-order valence-corrected chi connectivity index (χ4v) is 3.36. The maximum atomic E-state index is 12.8. The minimum atomic E-state index is -4.40. The van der Waals surface area contributed by atoms with E-state index in [-0.39, 0.29) is 29.9 Å². The number of benzene rings is 1. The molecule has 1 aromatic carbocycles. The molecule has 1 heterocycles. The standard InChI is InChI=1S/C17H21F3N4O/c1-24-14-6-5-11(17(18,19)20)8-13(14)23-15(24)9-22-16(25)10-3-2-4-12(21)7-10/h5-6,8,10,12H,2-4,7,9,21H2,1H3,(H,22,25)/t10-,12+/m1/s1. The summed E-state index contributed by atoms with van der Waals surface area (Å²) in [6.45, 7) is 0.178. The zero-order chi connectivity index (χ0) is 18.2. The van der Waals surface area contributed by atoms with Gasteiger partial charge in [-0.15, -0.1) is 0 Å². The summed E-state index contributed by atoms with van der Waals surface area (Å²) >= 11 is 0. The second kappa shape index (κ2) is 6.67. The average molecular weight is 354 g/mol. The summed E-state index contributed by atoms with van der Waals surface area (Å²) in [5.74, 6) is 0.344. The van der Waals surface area contributed by atoms with E-state index < -0.39 is 11.7 Å². The molecule has 0 aliphatic heterocycles. The van der Waals surface area contributed by atoms with Gasteiger partial charge in [-0.05, 0) is 37.5 Å². The van der Waals surface area contributed by atoms with Crippen molar-refractivity contribution in [3.05, 3.63) is 29.6 Å². The van der Waals surface area contributed by atoms with Crippen LogP contribution in [0, 0.1) is 5.92 Å². The summed E-state index contributed by atoms with van der Waals surface area (Å²) in [5, 5.41) is 2.84. The molecule has 1 aromatic heterocycles. The van der Waals surface area contributed by atoms with Crippen LogP contribution < -0.4 is 11.1 Å². The molecule has 25 heavy (non-hydrogen) atoms. The number of halogens is 3. The summed E-state index contributed by atoms with van der Waals surface area (Å²) in [6, 6.07) is 3.52. The van der Waals surface area contributed by atoms with Crippen molar-refractivity contribution in [1.82, 2.24) is 14.9 Å². The Hall–Kier alpha value is -2.09. The molecular weight excluding hydrogens is 333 g/mol. The van der Waals surface area contributed by atoms with Crippen LogP contribution >= 0.6 is 0 Å². The molecule has 2 atom stereocenters. The maximum Gasteiger partial charge on any atom is 0.416 e. The maximum absolute atomic E-state index is 12.8. The first-order chi connectivity index (χ1) is 11.8. The van der Waals surface area contributed by atoms with E-state index >= 15 is 0 Å². The molecule has 1 aliphatic carbocycles. The highest BCUT2D eigenvalue weighted by Crippen LogP contribution is 2.31. The molecule has 1 fully saturated rings. The third kappa shape index (κ3) is 3.78. The molecule has 0 bridgehead atoms. The summed E-state index contributed by atoms with van der Waals surface area (Å²) in [4.78, 5) is 16.5. The number of imidazole rings is 1. The Morgan fingerprint density at radius 2 is 2.16 bits per heavy atom. The summed E-state index contributed by atoms with van der Waals surface area (Å²) in [7, 11) is 1.72. The van der Waals surface area contributed by atoms with Gasteiger partial charge >= 0.3 is 6.18 Å². The predicted octanol–water partition coefficient (Wildman–Crippen LogP) is 2.73. The van der Waals surface area contributed by atoms with E-state index in [0.29, 0.717) is 17.8 Å². The number of nitrogens with two attached hydrogens (primary N) is 1. The SMILES string of the molecule is Cn1c(CNC(=O)[C@@H]2CCC[C@H](N)C2)nc2cc(C(F)(F)F)ccc21. The number of hydrogen-bond acceptors (Lipinski definition) is 3. The Labute approximate surface area is 143 Å². The average Bonchev–Trinajstić information content (AvgIpc) is 2.87. The van der Waals surface area contributed by atoms with Gasteiger partial charge < -0.3 is 15.6 Å². The number of hydrogen-bond donors (Lipinski definition) is 2. The number of amides is 1. The lowest BCUT2D eigenvalue weighted by atomic mass is 9.85. The largest absolute Gasteiger partial charge is 0.416 e. The first-order valence-electron chi connectivity index (χ1n) is 8.31. The zero-order valence-corrected chi connectivity index (χ0v) is 13.9. The van der Waals surface area contributed by atoms with Crippen LogP contribution in [0.5, 0.6) is 0 Å². The van der Waals surface area contributed by atoms with Gasteiger partial charge in [-0.25, -0.2) is 4.98 Å². The van der Waals surface area contributed by atoms with Crippen molar-refractivity contribution >= 4 is 16.9 Å². The third-order valence-corrected chi connectivity index (χ3v) is 4.81. The second-order valence-corrected chi connectivity index (χ2v) is 6.63. The molecule has 0 unspecified atom stereocenters. The monoisotopic (exact) mass is 354 g/mol. The fourth-order valence-electron chi connectivity index (χ4n) is 3.36. The van der Waals surface area contributed by atoms with E-state index in [0.717, 1.165) is 31.4 Å². The Morgan fingerprint density at radius 1 is 1.40 bits per heavy atom. The molecule has 5 nitrogen and oxygen atoms in total. The number of carbonyl (C=O) groups excluding carboxylic acids is 1. The van der Waals surface area contributed by atoms with Crippen LogP contribution in [0.2, 0.25) is 0 Å². The molecule has 136 valence electrons. The van der Waals surface area contributed by atoms with Crippen LogP contribution in [0.25, 0.3) is 11.0 Å². The van der Waals surface area contributed by atoms with Gasteiger partial charge in [0, 0.05) is 19.0 Å². The first kappa shape index (κ1) is 17.7. The molecule has 0 radical (unpaired) electrons. The first-order valence-corrected chi connectivity index (χ1v) is 8.31. The summed E-state index contributed by atoms with van der Waals surface area (Å²) < 4.78 is 40.1. The van der Waals surface area contributed by atoms with E-state index in [1.807, 2.05) is 0 Å². The quantitative estimate of drug-likeness (QED) is 0.890. The van der Waals surface area contributed by atoms with Crippen molar-refractivity contribution < 1.29 is 18.0 Å². The number of carbonyl (C=O) groups is 1. The lowest BCUT2D eigenvalue weighted by Gasteiger charge is -2.25. The van der Waals surface area contributed by atoms with E-state index in [1.165, 1.54) is 6.07 Å². The van der Waals surface area contributed by atoms with Crippen molar-refractivity contribution in [2.45, 2.75) is 44.4 Å². The van der Waals surface area contributed by atoms with Crippen molar-refractivity contribution in [3.63, 3.8) is 0 Å². The molecule has 0 spiro atoms. The molecule has 1 aliphatic rings. The Kier molecular flexibility index (Phi) is 4.73. The van der Waals surface area contributed by atoms with Gasteiger partial charge in [0.2, 0.25) is 5.91 Å². The number of rotatable bonds is 3. The third-order valence-electron chi connectivity index (χ3n) is 4.81. The minimum absolute atomic E-state index is 0.0565. The number of fused-ring (bicyclic) bond motifs is 1. The lowest BCUT2D eigenvalue weighted by Crippen LogP contribution is -2.37. The van der Waals surface area contributed by atoms with E-state index in [2.05, 4.69) is 10.3 Å². The van der Waals surface area contributed by atoms with Gasteiger partial charge in [0.25, 0.3) is 0 Å². The lowest BCUT2D eigenvalue weighted by molar-refractivity contribution is -0.137. The van der Waals surface area contributed by atoms with Crippen molar-refractivity contribution in [1.29, 1.82) is 0 Å². The van der Waals surface area contributed by atoms with Crippen LogP contribution in [-0.4, -0.2) is 21.5 Å². The van der Waals surface area contributed by atoms with Gasteiger partial charge in [-0.1, -0.05) is 6.42 Å². The minimum Gasteiger partial charge on any atom is -0.349 e. The Morgan fingerprint density at radius 3 is 2.84 bits per heavy atom. The second-order valence-electron chi connectivity index (χ2n) is 6.63. The highest BCUT2D eigenvalue weighted by atomic mass is 19.4. The summed E-state index contributed by atoms with van der Waals surface area (Å²) in [5.41, 5.74) is 6.03. The number of alkyl halides is 3. The van der Waals surface area contributed by atoms with Crippen LogP contribution in [0.4, 0.5) is 13.2 Å². The molecule has 2 aromatic rings. The van der Waals surface area contributed by atoms with Crippen molar-refractivity contribution in [2.75, 3.05) is 0 Å². The molecule has 3 N–H and O–H groups in total. The topological polar surface area (TPSA) is 72.9 Å². The van der Waals surface area contributed by atoms with Gasteiger partial charge in [-0.3, -0.25) is 4.79 Å². The van der Waals surface area contributed by atoms with E-state index in [4.69, 9.17) is 5.73 Å². The van der Waals surface area contributed by atoms with Gasteiger partial charge in [0.1, 0.15) is 5.82 Å². The Bertz CT molecular complexity index is 784. The van der Waals surface area contributed by atoms with Crippen molar-refractivity contribution in [2.24, 2.45) is 18.7 Å². The van der Waals surface area contributed by atoms with Crippen LogP contribution in [-0.2, 0) is 24.6 Å². The zero-order valence-electron chi connectivity index (χ0n) is 13.9. The highest BCUT2D eigenvalue weighted by Gasteiger charge is 2.31. The molecule has 8 heteroatoms. The number of nitrogens with zero attached hydrogens (tertiary/aromatic N) is 2. The van der Waals surface area contributed by atoms with Gasteiger partial charge in [-0.2, -0.15) is 13.2 Å². The van der Waals surface area contributed by atoms with Crippen molar-refractivity contribution in [3.8, 4) is 0 Å². The van der Waals surface area contributed by atoms with Crippen LogP contribution in [0.3, 0.4) is 0 Å². The van der Waals surface area contributed by atoms with Crippen LogP contribution in [0.1, 0.15) is 37.1 Å². The number of nitrogens with one attached hydrogen (secondary N) is 1. The number of aryl methyl sites for hydroxylation is 1. The molecule has 1 amide bonds. The van der Waals surface area contributed by atoms with E-state index in [9.17, 15) is 18.0 Å². The van der Waals surface area contributed by atoms with Gasteiger partial charge in [0.05, 0.1) is 23.1 Å². The highest BCUT2D eigenvalue weighted by molar-refractivity contribution is 5.79. The summed E-state index contributed by atoms with van der Waals surface area (Å²) in [6.07, 6.45) is -1.04. The van der Waals surface area contributed by atoms with Crippen LogP contribution in [0.15, 0.2) is 18.2 Å². The normalized spacial score (nSPS) is 21.5. The molecule has 1 saturated carbocycles. The molecule has 0 saturated heterocycles. The number of aromatic nitrogens is 2. The smallest absolute Gasteiger partial charge is 0.349 e. The van der Waals surface area contributed by atoms with Gasteiger partial charge in [0.15, 0.2) is 0 Å².